The van der Waals surface area contributed by atoms with E-state index in [2.05, 4.69) is 20.7 Å². The van der Waals surface area contributed by atoms with Crippen molar-refractivity contribution in [2.75, 3.05) is 0 Å². The van der Waals surface area contributed by atoms with Gasteiger partial charge in [-0.2, -0.15) is 8.78 Å². The maximum absolute atomic E-state index is 12.2. The van der Waals surface area contributed by atoms with Crippen LogP contribution in [-0.4, -0.2) is 17.2 Å². The van der Waals surface area contributed by atoms with Crippen LogP contribution < -0.4 is 4.74 Å². The zero-order valence-corrected chi connectivity index (χ0v) is 11.1. The molecular weight excluding hydrogens is 294 g/mol. The summed E-state index contributed by atoms with van der Waals surface area (Å²) in [5.41, 5.74) is 1.09. The fourth-order valence-electron chi connectivity index (χ4n) is 1.40. The van der Waals surface area contributed by atoms with Gasteiger partial charge in [0.1, 0.15) is 5.75 Å². The van der Waals surface area contributed by atoms with Crippen molar-refractivity contribution >= 4 is 21.7 Å². The molecule has 0 radical (unpaired) electrons. The lowest BCUT2D eigenvalue weighted by molar-refractivity contribution is -0.0501. The zero-order valence-electron chi connectivity index (χ0n) is 9.54. The van der Waals surface area contributed by atoms with Crippen molar-refractivity contribution in [3.63, 3.8) is 0 Å². The molecule has 0 aliphatic carbocycles. The lowest BCUT2D eigenvalue weighted by Crippen LogP contribution is -2.14. The van der Waals surface area contributed by atoms with Crippen LogP contribution >= 0.6 is 15.9 Å². The first-order chi connectivity index (χ1) is 7.95. The van der Waals surface area contributed by atoms with Gasteiger partial charge in [0.15, 0.2) is 5.78 Å². The molecule has 0 N–H and O–H groups in total. The molecule has 5 heteroatoms. The summed E-state index contributed by atoms with van der Waals surface area (Å²) < 4.78 is 28.7. The monoisotopic (exact) mass is 306 g/mol. The van der Waals surface area contributed by atoms with E-state index in [1.807, 2.05) is 6.92 Å². The number of Topliss-reactive ketones (excluding diaryl/α,β-unsaturated/α-hetero) is 1. The third kappa shape index (κ3) is 3.77. The minimum Gasteiger partial charge on any atom is -0.434 e. The number of alkyl halides is 3. The van der Waals surface area contributed by atoms with Gasteiger partial charge in [-0.25, -0.2) is 0 Å². The number of hydrogen-bond donors (Lipinski definition) is 0. The minimum atomic E-state index is -2.93. The van der Waals surface area contributed by atoms with Gasteiger partial charge in [-0.1, -0.05) is 28.9 Å². The Morgan fingerprint density at radius 3 is 2.59 bits per heavy atom. The molecule has 94 valence electrons. The molecule has 0 aliphatic heterocycles. The standard InChI is InChI=1S/C12H13BrF2O2/c1-3-8-4-5-10(17-12(14)15)9(6-8)11(16)7(2)13/h4-7,12H,3H2,1-2H3. The van der Waals surface area contributed by atoms with Crippen LogP contribution in [0.15, 0.2) is 18.2 Å². The topological polar surface area (TPSA) is 26.3 Å². The maximum atomic E-state index is 12.2. The Labute approximate surface area is 107 Å². The van der Waals surface area contributed by atoms with Crippen LogP contribution in [0.1, 0.15) is 29.8 Å². The van der Waals surface area contributed by atoms with Crippen LogP contribution in [0.2, 0.25) is 0 Å². The molecule has 0 fully saturated rings. The normalized spacial score (nSPS) is 12.6. The lowest BCUT2D eigenvalue weighted by Gasteiger charge is -2.12. The molecule has 0 aromatic heterocycles. The van der Waals surface area contributed by atoms with Crippen molar-refractivity contribution in [2.45, 2.75) is 31.7 Å². The highest BCUT2D eigenvalue weighted by Gasteiger charge is 2.19. The SMILES string of the molecule is CCc1ccc(OC(F)F)c(C(=O)C(C)Br)c1. The summed E-state index contributed by atoms with van der Waals surface area (Å²) in [6.45, 7) is 0.640. The Hall–Kier alpha value is -0.970. The summed E-state index contributed by atoms with van der Waals surface area (Å²) in [5, 5.41) is 0. The molecule has 0 aliphatic rings. The van der Waals surface area contributed by atoms with Gasteiger partial charge in [0.2, 0.25) is 0 Å². The number of rotatable bonds is 5. The average Bonchev–Trinajstić information content (AvgIpc) is 2.27. The number of aryl methyl sites for hydroxylation is 1. The highest BCUT2D eigenvalue weighted by atomic mass is 79.9. The predicted molar refractivity (Wildman–Crippen MR) is 65.2 cm³/mol. The molecule has 0 amide bonds. The van der Waals surface area contributed by atoms with Crippen LogP contribution in [0.4, 0.5) is 8.78 Å². The molecule has 17 heavy (non-hydrogen) atoms. The highest BCUT2D eigenvalue weighted by Crippen LogP contribution is 2.25. The fourth-order valence-corrected chi connectivity index (χ4v) is 1.65. The number of carbonyl (C=O) groups excluding carboxylic acids is 1. The summed E-state index contributed by atoms with van der Waals surface area (Å²) in [4.78, 5) is 11.4. The predicted octanol–water partition coefficient (Wildman–Crippen LogP) is 3.82. The van der Waals surface area contributed by atoms with Gasteiger partial charge in [0.05, 0.1) is 10.4 Å². The van der Waals surface area contributed by atoms with Crippen molar-refractivity contribution in [2.24, 2.45) is 0 Å². The Kier molecular flexibility index (Phi) is 5.05. The van der Waals surface area contributed by atoms with Crippen LogP contribution in [0.25, 0.3) is 0 Å². The number of hydrogen-bond acceptors (Lipinski definition) is 2. The van der Waals surface area contributed by atoms with Crippen LogP contribution in [0, 0.1) is 0 Å². The second-order valence-corrected chi connectivity index (χ2v) is 4.92. The molecule has 1 aromatic carbocycles. The number of benzene rings is 1. The van der Waals surface area contributed by atoms with E-state index >= 15 is 0 Å². The second kappa shape index (κ2) is 6.10. The zero-order chi connectivity index (χ0) is 13.0. The molecule has 1 aromatic rings. The first kappa shape index (κ1) is 14.1. The van der Waals surface area contributed by atoms with Crippen molar-refractivity contribution in [1.29, 1.82) is 0 Å². The van der Waals surface area contributed by atoms with E-state index in [0.29, 0.717) is 0 Å². The van der Waals surface area contributed by atoms with E-state index in [4.69, 9.17) is 0 Å². The Morgan fingerprint density at radius 1 is 1.47 bits per heavy atom. The van der Waals surface area contributed by atoms with Crippen LogP contribution in [-0.2, 0) is 6.42 Å². The summed E-state index contributed by atoms with van der Waals surface area (Å²) in [6, 6.07) is 4.68. The molecule has 0 spiro atoms. The smallest absolute Gasteiger partial charge is 0.387 e. The lowest BCUT2D eigenvalue weighted by atomic mass is 10.0. The minimum absolute atomic E-state index is 0.0755. The summed E-state index contributed by atoms with van der Waals surface area (Å²) >= 11 is 3.13. The first-order valence-electron chi connectivity index (χ1n) is 5.21. The molecule has 2 nitrogen and oxygen atoms in total. The van der Waals surface area contributed by atoms with E-state index in [1.165, 1.54) is 6.07 Å². The van der Waals surface area contributed by atoms with Gasteiger partial charge >= 0.3 is 6.61 Å². The van der Waals surface area contributed by atoms with Crippen molar-refractivity contribution in [3.8, 4) is 5.75 Å². The van der Waals surface area contributed by atoms with Crippen molar-refractivity contribution in [1.82, 2.24) is 0 Å². The molecular formula is C12H13BrF2O2. The van der Waals surface area contributed by atoms with Crippen LogP contribution in [0.3, 0.4) is 0 Å². The van der Waals surface area contributed by atoms with E-state index in [-0.39, 0.29) is 17.1 Å². The largest absolute Gasteiger partial charge is 0.434 e. The molecule has 1 unspecified atom stereocenters. The van der Waals surface area contributed by atoms with Gasteiger partial charge in [0, 0.05) is 0 Å². The fraction of sp³-hybridized carbons (Fsp3) is 0.417. The summed E-state index contributed by atoms with van der Waals surface area (Å²) in [7, 11) is 0. The van der Waals surface area contributed by atoms with Crippen molar-refractivity contribution < 1.29 is 18.3 Å². The molecule has 0 saturated heterocycles. The summed E-state index contributed by atoms with van der Waals surface area (Å²) in [5.74, 6) is -0.343. The molecule has 1 rings (SSSR count). The second-order valence-electron chi connectivity index (χ2n) is 3.54. The Bertz CT molecular complexity index is 405. The van der Waals surface area contributed by atoms with Gasteiger partial charge in [-0.3, -0.25) is 4.79 Å². The highest BCUT2D eigenvalue weighted by molar-refractivity contribution is 9.10. The third-order valence-electron chi connectivity index (χ3n) is 2.30. The van der Waals surface area contributed by atoms with Crippen molar-refractivity contribution in [3.05, 3.63) is 29.3 Å². The number of halogens is 3. The molecule has 1 atom stereocenters. The van der Waals surface area contributed by atoms with Gasteiger partial charge in [0.25, 0.3) is 0 Å². The Morgan fingerprint density at radius 2 is 2.12 bits per heavy atom. The molecule has 0 bridgehead atoms. The molecule has 0 heterocycles. The average molecular weight is 307 g/mol. The third-order valence-corrected chi connectivity index (χ3v) is 2.71. The quantitative estimate of drug-likeness (QED) is 0.610. The van der Waals surface area contributed by atoms with E-state index in [0.717, 1.165) is 12.0 Å². The maximum Gasteiger partial charge on any atom is 0.387 e. The number of ether oxygens (including phenoxy) is 1. The molecule has 0 saturated carbocycles. The van der Waals surface area contributed by atoms with E-state index in [9.17, 15) is 13.6 Å². The Balaban J connectivity index is 3.16. The van der Waals surface area contributed by atoms with Crippen LogP contribution in [0.5, 0.6) is 5.75 Å². The number of carbonyl (C=O) groups is 1. The number of ketones is 1. The van der Waals surface area contributed by atoms with Gasteiger partial charge < -0.3 is 4.74 Å². The van der Waals surface area contributed by atoms with E-state index in [1.54, 1.807) is 19.1 Å². The first-order valence-corrected chi connectivity index (χ1v) is 6.13. The summed E-state index contributed by atoms with van der Waals surface area (Å²) in [6.07, 6.45) is 0.728. The van der Waals surface area contributed by atoms with E-state index < -0.39 is 11.4 Å². The van der Waals surface area contributed by atoms with Gasteiger partial charge in [-0.15, -0.1) is 0 Å². The van der Waals surface area contributed by atoms with Gasteiger partial charge in [-0.05, 0) is 31.0 Å².